The highest BCUT2D eigenvalue weighted by Gasteiger charge is 2.22. The van der Waals surface area contributed by atoms with Crippen LogP contribution in [-0.4, -0.2) is 64.5 Å². The predicted octanol–water partition coefficient (Wildman–Crippen LogP) is 3.90. The summed E-state index contributed by atoms with van der Waals surface area (Å²) in [6, 6.07) is 11.6. The van der Waals surface area contributed by atoms with E-state index >= 15 is 0 Å². The largest absolute Gasteiger partial charge is 0.497 e. The van der Waals surface area contributed by atoms with Crippen molar-refractivity contribution < 1.29 is 14.3 Å². The molecule has 0 N–H and O–H groups in total. The number of ketones is 1. The summed E-state index contributed by atoms with van der Waals surface area (Å²) >= 11 is 1.36. The zero-order chi connectivity index (χ0) is 23.7. The lowest BCUT2D eigenvalue weighted by Crippen LogP contribution is -2.37. The van der Waals surface area contributed by atoms with E-state index in [-0.39, 0.29) is 11.5 Å². The Hall–Kier alpha value is -3.17. The van der Waals surface area contributed by atoms with Gasteiger partial charge < -0.3 is 18.9 Å². The number of carbonyl (C=O) groups is 1. The fraction of sp³-hybridized carbons (Fsp3) is 0.360. The number of Topliss-reactive ketones (excluding diaryl/α,β-unsaturated/α-hetero) is 1. The Kier molecular flexibility index (Phi) is 6.38. The SMILES string of the molecule is CCc1nc2c(N3CCOCC3)nc(SCC(=O)c3ccc4cc(OC)ccc4c3)nc2n1C. The van der Waals surface area contributed by atoms with E-state index < -0.39 is 0 Å². The molecule has 0 bridgehead atoms. The van der Waals surface area contributed by atoms with Crippen LogP contribution < -0.4 is 9.64 Å². The van der Waals surface area contributed by atoms with Gasteiger partial charge in [0.2, 0.25) is 0 Å². The van der Waals surface area contributed by atoms with Crippen molar-refractivity contribution in [2.24, 2.45) is 7.05 Å². The van der Waals surface area contributed by atoms with Crippen LogP contribution >= 0.6 is 11.8 Å². The summed E-state index contributed by atoms with van der Waals surface area (Å²) in [5.41, 5.74) is 2.28. The maximum Gasteiger partial charge on any atom is 0.192 e. The third-order valence-corrected chi connectivity index (χ3v) is 6.95. The maximum absolute atomic E-state index is 13.0. The first-order valence-corrected chi connectivity index (χ1v) is 12.4. The molecule has 8 nitrogen and oxygen atoms in total. The van der Waals surface area contributed by atoms with Gasteiger partial charge in [-0.1, -0.05) is 36.9 Å². The third-order valence-electron chi connectivity index (χ3n) is 6.10. The molecular weight excluding hydrogens is 450 g/mol. The van der Waals surface area contributed by atoms with Crippen LogP contribution in [0.2, 0.25) is 0 Å². The lowest BCUT2D eigenvalue weighted by atomic mass is 10.0. The Labute approximate surface area is 202 Å². The number of rotatable bonds is 7. The Morgan fingerprint density at radius 1 is 1.09 bits per heavy atom. The molecule has 0 saturated carbocycles. The van der Waals surface area contributed by atoms with Crippen molar-refractivity contribution in [2.75, 3.05) is 44.1 Å². The molecule has 1 fully saturated rings. The fourth-order valence-corrected chi connectivity index (χ4v) is 4.92. The fourth-order valence-electron chi connectivity index (χ4n) is 4.19. The van der Waals surface area contributed by atoms with Crippen LogP contribution in [0, 0.1) is 0 Å². The average Bonchev–Trinajstić information content (AvgIpc) is 3.22. The van der Waals surface area contributed by atoms with Gasteiger partial charge in [-0.15, -0.1) is 0 Å². The number of ether oxygens (including phenoxy) is 2. The van der Waals surface area contributed by atoms with Crippen molar-refractivity contribution in [1.29, 1.82) is 0 Å². The van der Waals surface area contributed by atoms with Crippen molar-refractivity contribution in [1.82, 2.24) is 19.5 Å². The molecule has 2 aromatic carbocycles. The Morgan fingerprint density at radius 2 is 1.85 bits per heavy atom. The van der Waals surface area contributed by atoms with E-state index in [0.29, 0.717) is 23.9 Å². The smallest absolute Gasteiger partial charge is 0.192 e. The molecule has 0 atom stereocenters. The number of benzene rings is 2. The average molecular weight is 478 g/mol. The summed E-state index contributed by atoms with van der Waals surface area (Å²) < 4.78 is 12.8. The summed E-state index contributed by atoms with van der Waals surface area (Å²) in [4.78, 5) is 29.6. The van der Waals surface area contributed by atoms with Crippen molar-refractivity contribution in [3.8, 4) is 5.75 Å². The normalized spacial score (nSPS) is 14.1. The van der Waals surface area contributed by atoms with Crippen LogP contribution in [0.4, 0.5) is 5.82 Å². The van der Waals surface area contributed by atoms with Gasteiger partial charge in [-0.25, -0.2) is 15.0 Å². The third kappa shape index (κ3) is 4.33. The van der Waals surface area contributed by atoms with E-state index in [1.807, 2.05) is 48.0 Å². The molecule has 0 aliphatic carbocycles. The molecule has 176 valence electrons. The van der Waals surface area contributed by atoms with Gasteiger partial charge >= 0.3 is 0 Å². The predicted molar refractivity (Wildman–Crippen MR) is 134 cm³/mol. The van der Waals surface area contributed by atoms with Crippen molar-refractivity contribution in [2.45, 2.75) is 18.5 Å². The number of aromatic nitrogens is 4. The molecule has 0 spiro atoms. The van der Waals surface area contributed by atoms with E-state index in [1.54, 1.807) is 7.11 Å². The number of thioether (sulfide) groups is 1. The van der Waals surface area contributed by atoms with E-state index in [2.05, 4.69) is 11.8 Å². The van der Waals surface area contributed by atoms with Gasteiger partial charge in [0.05, 0.1) is 26.1 Å². The van der Waals surface area contributed by atoms with E-state index in [9.17, 15) is 4.79 Å². The van der Waals surface area contributed by atoms with E-state index in [4.69, 9.17) is 24.4 Å². The molecule has 0 unspecified atom stereocenters. The Morgan fingerprint density at radius 3 is 2.62 bits per heavy atom. The molecule has 34 heavy (non-hydrogen) atoms. The quantitative estimate of drug-likeness (QED) is 0.225. The second-order valence-electron chi connectivity index (χ2n) is 8.18. The highest BCUT2D eigenvalue weighted by molar-refractivity contribution is 7.99. The lowest BCUT2D eigenvalue weighted by molar-refractivity contribution is 0.102. The minimum atomic E-state index is 0.0404. The summed E-state index contributed by atoms with van der Waals surface area (Å²) in [6.07, 6.45) is 0.810. The van der Waals surface area contributed by atoms with Gasteiger partial charge in [-0.05, 0) is 29.0 Å². The number of morpholine rings is 1. The van der Waals surface area contributed by atoms with Crippen LogP contribution in [0.3, 0.4) is 0 Å². The molecule has 1 aliphatic rings. The zero-order valence-corrected chi connectivity index (χ0v) is 20.4. The topological polar surface area (TPSA) is 82.4 Å². The summed E-state index contributed by atoms with van der Waals surface area (Å²) in [6.45, 7) is 4.92. The van der Waals surface area contributed by atoms with Crippen LogP contribution in [0.5, 0.6) is 5.75 Å². The lowest BCUT2D eigenvalue weighted by Gasteiger charge is -2.28. The molecule has 1 saturated heterocycles. The molecule has 0 radical (unpaired) electrons. The van der Waals surface area contributed by atoms with Gasteiger partial charge in [0.25, 0.3) is 0 Å². The number of imidazole rings is 1. The molecule has 4 aromatic rings. The minimum absolute atomic E-state index is 0.0404. The molecule has 9 heteroatoms. The Bertz CT molecular complexity index is 1360. The van der Waals surface area contributed by atoms with Crippen molar-refractivity contribution in [3.63, 3.8) is 0 Å². The van der Waals surface area contributed by atoms with E-state index in [0.717, 1.165) is 58.8 Å². The van der Waals surface area contributed by atoms with Gasteiger partial charge in [0.15, 0.2) is 27.9 Å². The zero-order valence-electron chi connectivity index (χ0n) is 19.6. The minimum Gasteiger partial charge on any atom is -0.497 e. The van der Waals surface area contributed by atoms with Crippen molar-refractivity contribution >= 4 is 45.3 Å². The molecule has 5 rings (SSSR count). The monoisotopic (exact) mass is 477 g/mol. The van der Waals surface area contributed by atoms with Crippen LogP contribution in [-0.2, 0) is 18.2 Å². The second-order valence-corrected chi connectivity index (χ2v) is 9.12. The number of aryl methyl sites for hydroxylation is 2. The van der Waals surface area contributed by atoms with Crippen LogP contribution in [0.15, 0.2) is 41.6 Å². The number of fused-ring (bicyclic) bond motifs is 2. The first-order chi connectivity index (χ1) is 16.6. The summed E-state index contributed by atoms with van der Waals surface area (Å²) in [5.74, 6) is 2.88. The van der Waals surface area contributed by atoms with Crippen LogP contribution in [0.25, 0.3) is 21.9 Å². The maximum atomic E-state index is 13.0. The first kappa shape index (κ1) is 22.6. The van der Waals surface area contributed by atoms with Gasteiger partial charge in [-0.2, -0.15) is 0 Å². The summed E-state index contributed by atoms with van der Waals surface area (Å²) in [7, 11) is 3.63. The number of nitrogens with zero attached hydrogens (tertiary/aromatic N) is 5. The number of methoxy groups -OCH3 is 1. The highest BCUT2D eigenvalue weighted by Crippen LogP contribution is 2.29. The Balaban J connectivity index is 1.41. The molecular formula is C25H27N5O3S. The number of carbonyl (C=O) groups excluding carboxylic acids is 1. The molecule has 3 heterocycles. The molecule has 2 aromatic heterocycles. The second kappa shape index (κ2) is 9.60. The van der Waals surface area contributed by atoms with Gasteiger partial charge in [0.1, 0.15) is 11.6 Å². The van der Waals surface area contributed by atoms with E-state index in [1.165, 1.54) is 11.8 Å². The number of hydrogen-bond donors (Lipinski definition) is 0. The van der Waals surface area contributed by atoms with Crippen molar-refractivity contribution in [3.05, 3.63) is 47.8 Å². The van der Waals surface area contributed by atoms with Gasteiger partial charge in [0, 0.05) is 32.1 Å². The summed E-state index contributed by atoms with van der Waals surface area (Å²) in [5, 5.41) is 2.62. The molecule has 0 amide bonds. The van der Waals surface area contributed by atoms with Gasteiger partial charge in [-0.3, -0.25) is 4.79 Å². The molecule has 1 aliphatic heterocycles. The number of hydrogen-bond acceptors (Lipinski definition) is 8. The first-order valence-electron chi connectivity index (χ1n) is 11.4. The van der Waals surface area contributed by atoms with Crippen LogP contribution in [0.1, 0.15) is 23.1 Å². The highest BCUT2D eigenvalue weighted by atomic mass is 32.2. The number of anilines is 1. The standard InChI is InChI=1S/C25H27N5O3S/c1-4-21-26-22-23(29(21)2)27-25(28-24(22)30-9-11-33-12-10-30)34-15-20(31)18-6-5-17-14-19(32-3)8-7-16(17)13-18/h5-8,13-14H,4,9-12,15H2,1-3H3.